The summed E-state index contributed by atoms with van der Waals surface area (Å²) >= 11 is 0. The summed E-state index contributed by atoms with van der Waals surface area (Å²) in [6.07, 6.45) is 0.729. The summed E-state index contributed by atoms with van der Waals surface area (Å²) in [5.41, 5.74) is 2.03. The molecule has 1 aromatic rings. The minimum absolute atomic E-state index is 0.169. The number of nitrogens with one attached hydrogen (secondary N) is 2. The van der Waals surface area contributed by atoms with Gasteiger partial charge in [0.2, 0.25) is 5.91 Å². The number of hydrogen-bond acceptors (Lipinski definition) is 5. The molecule has 1 saturated heterocycles. The number of benzene rings is 1. The van der Waals surface area contributed by atoms with Crippen LogP contribution in [0.25, 0.3) is 0 Å². The lowest BCUT2D eigenvalue weighted by Crippen LogP contribution is -2.37. The molecule has 2 rings (SSSR count). The summed E-state index contributed by atoms with van der Waals surface area (Å²) in [5.74, 6) is -1.11. The Hall–Kier alpha value is -2.57. The number of ether oxygens (including phenoxy) is 1. The highest BCUT2D eigenvalue weighted by atomic mass is 16.5. The maximum Gasteiger partial charge on any atom is 0.329 e. The van der Waals surface area contributed by atoms with E-state index < -0.39 is 12.0 Å². The van der Waals surface area contributed by atoms with Crippen LogP contribution in [0.3, 0.4) is 0 Å². The van der Waals surface area contributed by atoms with Crippen molar-refractivity contribution in [1.29, 1.82) is 0 Å². The summed E-state index contributed by atoms with van der Waals surface area (Å²) in [6, 6.07) is 7.15. The van der Waals surface area contributed by atoms with Crippen molar-refractivity contribution < 1.29 is 19.1 Å². The number of rotatable bonds is 6. The van der Waals surface area contributed by atoms with E-state index in [1.165, 1.54) is 0 Å². The third kappa shape index (κ3) is 4.98. The topological polar surface area (TPSA) is 87.7 Å². The second-order valence-corrected chi connectivity index (χ2v) is 5.60. The zero-order chi connectivity index (χ0) is 16.8. The lowest BCUT2D eigenvalue weighted by Gasteiger charge is -2.13. The quantitative estimate of drug-likeness (QED) is 0.731. The Morgan fingerprint density at radius 1 is 1.30 bits per heavy atom. The number of esters is 1. The number of hydrogen-bond donors (Lipinski definition) is 2. The van der Waals surface area contributed by atoms with Gasteiger partial charge < -0.3 is 20.3 Å². The van der Waals surface area contributed by atoms with E-state index in [0.29, 0.717) is 19.4 Å². The van der Waals surface area contributed by atoms with Gasteiger partial charge in [-0.1, -0.05) is 12.1 Å². The molecule has 124 valence electrons. The molecule has 0 unspecified atom stereocenters. The molecular weight excluding hydrogens is 298 g/mol. The van der Waals surface area contributed by atoms with Crippen molar-refractivity contribution in [3.63, 3.8) is 0 Å². The van der Waals surface area contributed by atoms with E-state index in [2.05, 4.69) is 10.6 Å². The van der Waals surface area contributed by atoms with Gasteiger partial charge in [-0.15, -0.1) is 0 Å². The Morgan fingerprint density at radius 3 is 2.57 bits per heavy atom. The first kappa shape index (κ1) is 16.8. The molecule has 2 amide bonds. The lowest BCUT2D eigenvalue weighted by molar-refractivity contribution is -0.150. The van der Waals surface area contributed by atoms with Gasteiger partial charge in [-0.3, -0.25) is 9.59 Å². The van der Waals surface area contributed by atoms with E-state index in [4.69, 9.17) is 4.74 Å². The van der Waals surface area contributed by atoms with E-state index in [9.17, 15) is 14.4 Å². The average Bonchev–Trinajstić information content (AvgIpc) is 2.97. The van der Waals surface area contributed by atoms with Crippen LogP contribution in [0.5, 0.6) is 0 Å². The molecule has 1 aliphatic heterocycles. The molecule has 0 aromatic heterocycles. The van der Waals surface area contributed by atoms with Gasteiger partial charge in [0, 0.05) is 32.7 Å². The highest BCUT2D eigenvalue weighted by Gasteiger charge is 2.28. The number of carbonyl (C=O) groups is 3. The third-order valence-corrected chi connectivity index (χ3v) is 3.57. The Balaban J connectivity index is 1.70. The van der Waals surface area contributed by atoms with Crippen molar-refractivity contribution in [2.24, 2.45) is 0 Å². The fourth-order valence-corrected chi connectivity index (χ4v) is 2.19. The second-order valence-electron chi connectivity index (χ2n) is 5.60. The fraction of sp³-hybridized carbons (Fsp3) is 0.438. The Labute approximate surface area is 135 Å². The molecule has 1 aliphatic rings. The average molecular weight is 319 g/mol. The molecule has 1 fully saturated rings. The Kier molecular flexibility index (Phi) is 5.56. The molecule has 1 heterocycles. The van der Waals surface area contributed by atoms with Crippen LogP contribution in [0, 0.1) is 0 Å². The first-order valence-electron chi connectivity index (χ1n) is 7.44. The molecule has 0 radical (unpaired) electrons. The van der Waals surface area contributed by atoms with Crippen molar-refractivity contribution in [2.75, 3.05) is 25.6 Å². The molecule has 0 bridgehead atoms. The lowest BCUT2D eigenvalue weighted by atomic mass is 10.2. The molecule has 0 spiro atoms. The largest absolute Gasteiger partial charge is 0.454 e. The third-order valence-electron chi connectivity index (χ3n) is 3.57. The minimum atomic E-state index is -0.631. The number of anilines is 1. The van der Waals surface area contributed by atoms with Crippen LogP contribution in [0.1, 0.15) is 18.4 Å². The molecular formula is C16H21N3O4. The molecule has 23 heavy (non-hydrogen) atoms. The van der Waals surface area contributed by atoms with Crippen LogP contribution in [-0.4, -0.2) is 44.5 Å². The van der Waals surface area contributed by atoms with Crippen molar-refractivity contribution >= 4 is 23.5 Å². The summed E-state index contributed by atoms with van der Waals surface area (Å²) in [5, 5.41) is 5.19. The highest BCUT2D eigenvalue weighted by Crippen LogP contribution is 2.12. The van der Waals surface area contributed by atoms with Crippen LogP contribution >= 0.6 is 0 Å². The number of carbonyl (C=O) groups excluding carboxylic acids is 3. The van der Waals surface area contributed by atoms with E-state index in [-0.39, 0.29) is 18.4 Å². The van der Waals surface area contributed by atoms with Gasteiger partial charge in [0.25, 0.3) is 5.91 Å². The SMILES string of the molecule is CN(C)c1ccc(CNC(=O)COC(=O)[C@H]2CCC(=O)N2)cc1. The van der Waals surface area contributed by atoms with Crippen LogP contribution in [-0.2, 0) is 25.7 Å². The molecule has 7 heteroatoms. The molecule has 0 saturated carbocycles. The fourth-order valence-electron chi connectivity index (χ4n) is 2.19. The van der Waals surface area contributed by atoms with Gasteiger partial charge in [0.05, 0.1) is 0 Å². The molecule has 1 atom stereocenters. The normalized spacial score (nSPS) is 16.6. The van der Waals surface area contributed by atoms with E-state index in [0.717, 1.165) is 11.3 Å². The summed E-state index contributed by atoms with van der Waals surface area (Å²) < 4.78 is 4.90. The maximum atomic E-state index is 11.7. The molecule has 7 nitrogen and oxygen atoms in total. The van der Waals surface area contributed by atoms with E-state index in [1.807, 2.05) is 43.3 Å². The summed E-state index contributed by atoms with van der Waals surface area (Å²) in [7, 11) is 3.91. The van der Waals surface area contributed by atoms with E-state index >= 15 is 0 Å². The zero-order valence-electron chi connectivity index (χ0n) is 13.3. The monoisotopic (exact) mass is 319 g/mol. The number of nitrogens with zero attached hydrogens (tertiary/aromatic N) is 1. The first-order valence-corrected chi connectivity index (χ1v) is 7.44. The zero-order valence-corrected chi connectivity index (χ0v) is 13.3. The first-order chi connectivity index (χ1) is 11.0. The predicted molar refractivity (Wildman–Crippen MR) is 84.7 cm³/mol. The minimum Gasteiger partial charge on any atom is -0.454 e. The summed E-state index contributed by atoms with van der Waals surface area (Å²) in [4.78, 5) is 36.4. The molecule has 1 aromatic carbocycles. The van der Waals surface area contributed by atoms with Gasteiger partial charge in [0.1, 0.15) is 6.04 Å². The standard InChI is InChI=1S/C16H21N3O4/c1-19(2)12-5-3-11(4-6-12)9-17-15(21)10-23-16(22)13-7-8-14(20)18-13/h3-6,13H,7-10H2,1-2H3,(H,17,21)(H,18,20)/t13-/m1/s1. The van der Waals surface area contributed by atoms with Gasteiger partial charge in [-0.2, -0.15) is 0 Å². The van der Waals surface area contributed by atoms with Crippen molar-refractivity contribution in [2.45, 2.75) is 25.4 Å². The highest BCUT2D eigenvalue weighted by molar-refractivity contribution is 5.89. The van der Waals surface area contributed by atoms with E-state index in [1.54, 1.807) is 0 Å². The van der Waals surface area contributed by atoms with Crippen LogP contribution in [0.2, 0.25) is 0 Å². The van der Waals surface area contributed by atoms with Crippen molar-refractivity contribution in [1.82, 2.24) is 10.6 Å². The van der Waals surface area contributed by atoms with Crippen LogP contribution in [0.15, 0.2) is 24.3 Å². The Morgan fingerprint density at radius 2 is 2.00 bits per heavy atom. The molecule has 2 N–H and O–H groups in total. The Bertz CT molecular complexity index is 583. The van der Waals surface area contributed by atoms with Crippen molar-refractivity contribution in [3.05, 3.63) is 29.8 Å². The second kappa shape index (κ2) is 7.62. The van der Waals surface area contributed by atoms with Crippen LogP contribution in [0.4, 0.5) is 5.69 Å². The van der Waals surface area contributed by atoms with Crippen molar-refractivity contribution in [3.8, 4) is 0 Å². The number of amides is 2. The summed E-state index contributed by atoms with van der Waals surface area (Å²) in [6.45, 7) is 0.0191. The smallest absolute Gasteiger partial charge is 0.329 e. The van der Waals surface area contributed by atoms with Gasteiger partial charge in [0.15, 0.2) is 6.61 Å². The van der Waals surface area contributed by atoms with Crippen LogP contribution < -0.4 is 15.5 Å². The predicted octanol–water partition coefficient (Wildman–Crippen LogP) is 0.191. The van der Waals surface area contributed by atoms with Gasteiger partial charge >= 0.3 is 5.97 Å². The van der Waals surface area contributed by atoms with Gasteiger partial charge in [-0.05, 0) is 24.1 Å². The maximum absolute atomic E-state index is 11.7. The van der Waals surface area contributed by atoms with Gasteiger partial charge in [-0.25, -0.2) is 4.79 Å². The molecule has 0 aliphatic carbocycles.